The molecule has 0 fully saturated rings. The zero-order chi connectivity index (χ0) is 11.8. The number of esters is 1. The van der Waals surface area contributed by atoms with Crippen molar-refractivity contribution in [3.63, 3.8) is 0 Å². The van der Waals surface area contributed by atoms with E-state index in [1.54, 1.807) is 12.1 Å². The topological polar surface area (TPSA) is 61.5 Å². The molecule has 0 bridgehead atoms. The van der Waals surface area contributed by atoms with Crippen LogP contribution in [0.4, 0.5) is 5.69 Å². The number of ether oxygens (including phenoxy) is 2. The molecule has 0 atom stereocenters. The number of rotatable bonds is 6. The van der Waals surface area contributed by atoms with E-state index in [0.29, 0.717) is 13.0 Å². The monoisotopic (exact) mass is 223 g/mol. The van der Waals surface area contributed by atoms with Gasteiger partial charge in [0.1, 0.15) is 5.75 Å². The summed E-state index contributed by atoms with van der Waals surface area (Å²) in [5, 5.41) is 0. The van der Waals surface area contributed by atoms with E-state index in [-0.39, 0.29) is 5.97 Å². The highest BCUT2D eigenvalue weighted by Gasteiger charge is 1.99. The van der Waals surface area contributed by atoms with E-state index < -0.39 is 0 Å². The molecule has 88 valence electrons. The second kappa shape index (κ2) is 6.71. The summed E-state index contributed by atoms with van der Waals surface area (Å²) in [7, 11) is 1.40. The van der Waals surface area contributed by atoms with E-state index in [1.807, 2.05) is 12.1 Å². The first-order valence-corrected chi connectivity index (χ1v) is 5.27. The Bertz CT molecular complexity index is 322. The zero-order valence-corrected chi connectivity index (χ0v) is 9.44. The van der Waals surface area contributed by atoms with Crippen molar-refractivity contribution in [2.24, 2.45) is 0 Å². The molecule has 16 heavy (non-hydrogen) atoms. The van der Waals surface area contributed by atoms with Crippen molar-refractivity contribution in [3.8, 4) is 5.75 Å². The minimum Gasteiger partial charge on any atom is -0.494 e. The number of benzene rings is 1. The van der Waals surface area contributed by atoms with Gasteiger partial charge in [-0.15, -0.1) is 0 Å². The summed E-state index contributed by atoms with van der Waals surface area (Å²) in [4.78, 5) is 10.8. The van der Waals surface area contributed by atoms with Gasteiger partial charge >= 0.3 is 5.97 Å². The largest absolute Gasteiger partial charge is 0.494 e. The molecular weight excluding hydrogens is 206 g/mol. The molecule has 0 saturated carbocycles. The Hall–Kier alpha value is -1.71. The van der Waals surface area contributed by atoms with Crippen LogP contribution in [0.1, 0.15) is 19.3 Å². The predicted octanol–water partition coefficient (Wildman–Crippen LogP) is 1.99. The van der Waals surface area contributed by atoms with E-state index in [4.69, 9.17) is 10.5 Å². The van der Waals surface area contributed by atoms with Crippen molar-refractivity contribution in [2.45, 2.75) is 19.3 Å². The normalized spacial score (nSPS) is 9.81. The molecule has 0 radical (unpaired) electrons. The maximum Gasteiger partial charge on any atom is 0.305 e. The van der Waals surface area contributed by atoms with E-state index in [1.165, 1.54) is 7.11 Å². The third kappa shape index (κ3) is 4.68. The number of hydrogen-bond acceptors (Lipinski definition) is 4. The number of anilines is 1. The highest BCUT2D eigenvalue weighted by Crippen LogP contribution is 2.13. The molecule has 4 nitrogen and oxygen atoms in total. The number of carbonyl (C=O) groups excluding carboxylic acids is 1. The summed E-state index contributed by atoms with van der Waals surface area (Å²) in [5.41, 5.74) is 6.27. The van der Waals surface area contributed by atoms with Crippen molar-refractivity contribution in [1.29, 1.82) is 0 Å². The van der Waals surface area contributed by atoms with Crippen LogP contribution in [-0.4, -0.2) is 19.7 Å². The second-order valence-electron chi connectivity index (χ2n) is 3.45. The van der Waals surface area contributed by atoms with Crippen molar-refractivity contribution < 1.29 is 14.3 Å². The summed E-state index contributed by atoms with van der Waals surface area (Å²) in [5.74, 6) is 0.625. The Balaban J connectivity index is 2.11. The molecule has 0 unspecified atom stereocenters. The van der Waals surface area contributed by atoms with Crippen LogP contribution < -0.4 is 10.5 Å². The van der Waals surface area contributed by atoms with Crippen LogP contribution in [0.25, 0.3) is 0 Å². The SMILES string of the molecule is COC(=O)CCCCOc1ccc(N)cc1. The first-order chi connectivity index (χ1) is 7.72. The average Bonchev–Trinajstić information content (AvgIpc) is 2.31. The molecule has 1 aromatic carbocycles. The van der Waals surface area contributed by atoms with Crippen molar-refractivity contribution in [1.82, 2.24) is 0 Å². The third-order valence-electron chi connectivity index (χ3n) is 2.15. The molecular formula is C12H17NO3. The van der Waals surface area contributed by atoms with E-state index in [9.17, 15) is 4.79 Å². The van der Waals surface area contributed by atoms with Gasteiger partial charge in [-0.25, -0.2) is 0 Å². The Kier molecular flexibility index (Phi) is 5.19. The molecule has 0 amide bonds. The van der Waals surface area contributed by atoms with Gasteiger partial charge in [0.15, 0.2) is 0 Å². The molecule has 1 aromatic rings. The lowest BCUT2D eigenvalue weighted by Crippen LogP contribution is -2.02. The first kappa shape index (κ1) is 12.4. The number of carbonyl (C=O) groups is 1. The minimum absolute atomic E-state index is 0.174. The summed E-state index contributed by atoms with van der Waals surface area (Å²) in [6, 6.07) is 7.25. The molecule has 1 rings (SSSR count). The maximum absolute atomic E-state index is 10.8. The summed E-state index contributed by atoms with van der Waals surface area (Å²) < 4.78 is 10.0. The predicted molar refractivity (Wildman–Crippen MR) is 62.2 cm³/mol. The highest BCUT2D eigenvalue weighted by molar-refractivity contribution is 5.68. The van der Waals surface area contributed by atoms with Gasteiger partial charge in [-0.2, -0.15) is 0 Å². The third-order valence-corrected chi connectivity index (χ3v) is 2.15. The molecule has 0 aliphatic carbocycles. The van der Waals surface area contributed by atoms with Crippen LogP contribution in [0.2, 0.25) is 0 Å². The van der Waals surface area contributed by atoms with E-state index in [2.05, 4.69) is 4.74 Å². The average molecular weight is 223 g/mol. The van der Waals surface area contributed by atoms with Crippen molar-refractivity contribution >= 4 is 11.7 Å². The van der Waals surface area contributed by atoms with Crippen LogP contribution in [0.3, 0.4) is 0 Å². The number of hydrogen-bond donors (Lipinski definition) is 1. The van der Waals surface area contributed by atoms with Gasteiger partial charge < -0.3 is 15.2 Å². The lowest BCUT2D eigenvalue weighted by atomic mass is 10.2. The fourth-order valence-corrected chi connectivity index (χ4v) is 1.23. The van der Waals surface area contributed by atoms with Gasteiger partial charge in [0.05, 0.1) is 13.7 Å². The lowest BCUT2D eigenvalue weighted by Gasteiger charge is -2.05. The molecule has 0 heterocycles. The quantitative estimate of drug-likeness (QED) is 0.455. The van der Waals surface area contributed by atoms with Gasteiger partial charge in [-0.3, -0.25) is 4.79 Å². The number of nitrogens with two attached hydrogens (primary N) is 1. The van der Waals surface area contributed by atoms with E-state index in [0.717, 1.165) is 24.3 Å². The fourth-order valence-electron chi connectivity index (χ4n) is 1.23. The Morgan fingerprint density at radius 3 is 2.56 bits per heavy atom. The number of unbranched alkanes of at least 4 members (excludes halogenated alkanes) is 1. The van der Waals surface area contributed by atoms with Crippen LogP contribution in [0, 0.1) is 0 Å². The fraction of sp³-hybridized carbons (Fsp3) is 0.417. The van der Waals surface area contributed by atoms with Crippen LogP contribution in [0.5, 0.6) is 5.75 Å². The summed E-state index contributed by atoms with van der Waals surface area (Å²) in [6.45, 7) is 0.598. The Morgan fingerprint density at radius 2 is 1.94 bits per heavy atom. The van der Waals surface area contributed by atoms with Crippen LogP contribution in [0.15, 0.2) is 24.3 Å². The molecule has 0 saturated heterocycles. The molecule has 2 N–H and O–H groups in total. The molecule has 0 aliphatic heterocycles. The van der Waals surface area contributed by atoms with Gasteiger partial charge in [0.2, 0.25) is 0 Å². The number of methoxy groups -OCH3 is 1. The zero-order valence-electron chi connectivity index (χ0n) is 9.44. The molecule has 4 heteroatoms. The Morgan fingerprint density at radius 1 is 1.25 bits per heavy atom. The van der Waals surface area contributed by atoms with Gasteiger partial charge in [-0.1, -0.05) is 0 Å². The molecule has 0 aromatic heterocycles. The second-order valence-corrected chi connectivity index (χ2v) is 3.45. The smallest absolute Gasteiger partial charge is 0.305 e. The highest BCUT2D eigenvalue weighted by atomic mass is 16.5. The Labute approximate surface area is 95.3 Å². The summed E-state index contributed by atoms with van der Waals surface area (Å²) >= 11 is 0. The summed E-state index contributed by atoms with van der Waals surface area (Å²) in [6.07, 6.45) is 2.06. The standard InChI is InChI=1S/C12H17NO3/c1-15-12(14)4-2-3-9-16-11-7-5-10(13)6-8-11/h5-8H,2-4,9,13H2,1H3. The minimum atomic E-state index is -0.174. The van der Waals surface area contributed by atoms with E-state index >= 15 is 0 Å². The maximum atomic E-state index is 10.8. The van der Waals surface area contributed by atoms with Crippen molar-refractivity contribution in [2.75, 3.05) is 19.5 Å². The van der Waals surface area contributed by atoms with Crippen LogP contribution >= 0.6 is 0 Å². The molecule has 0 aliphatic rings. The van der Waals surface area contributed by atoms with Crippen LogP contribution in [-0.2, 0) is 9.53 Å². The lowest BCUT2D eigenvalue weighted by molar-refractivity contribution is -0.140. The first-order valence-electron chi connectivity index (χ1n) is 5.27. The van der Waals surface area contributed by atoms with Gasteiger partial charge in [0.25, 0.3) is 0 Å². The molecule has 0 spiro atoms. The van der Waals surface area contributed by atoms with Crippen molar-refractivity contribution in [3.05, 3.63) is 24.3 Å². The van der Waals surface area contributed by atoms with Gasteiger partial charge in [-0.05, 0) is 37.1 Å². The number of nitrogen functional groups attached to an aromatic ring is 1. The van der Waals surface area contributed by atoms with Gasteiger partial charge in [0, 0.05) is 12.1 Å².